The maximum atomic E-state index is 12.9. The van der Waals surface area contributed by atoms with Gasteiger partial charge in [0.25, 0.3) is 11.5 Å². The number of morpholine rings is 1. The molecule has 5 rings (SSSR count). The molecule has 0 spiro atoms. The molecule has 34 heavy (non-hydrogen) atoms. The molecule has 1 amide bonds. The Morgan fingerprint density at radius 3 is 2.68 bits per heavy atom. The van der Waals surface area contributed by atoms with Gasteiger partial charge in [-0.2, -0.15) is 5.10 Å². The maximum Gasteiger partial charge on any atom is 0.261 e. The van der Waals surface area contributed by atoms with Crippen molar-refractivity contribution in [3.8, 4) is 0 Å². The zero-order valence-corrected chi connectivity index (χ0v) is 19.8. The van der Waals surface area contributed by atoms with E-state index in [9.17, 15) is 9.59 Å². The molecular weight excluding hydrogens is 432 g/mol. The Balaban J connectivity index is 1.49. The van der Waals surface area contributed by atoms with Crippen LogP contribution in [0.1, 0.15) is 42.1 Å². The Morgan fingerprint density at radius 2 is 1.97 bits per heavy atom. The number of nitrogens with zero attached hydrogens (tertiary/aromatic N) is 3. The van der Waals surface area contributed by atoms with E-state index in [-0.39, 0.29) is 17.0 Å². The molecular formula is C25H32N6O3. The van der Waals surface area contributed by atoms with E-state index in [1.165, 1.54) is 0 Å². The predicted molar refractivity (Wildman–Crippen MR) is 132 cm³/mol. The van der Waals surface area contributed by atoms with Crippen molar-refractivity contribution in [1.82, 2.24) is 25.0 Å². The van der Waals surface area contributed by atoms with Gasteiger partial charge in [0, 0.05) is 30.5 Å². The van der Waals surface area contributed by atoms with E-state index >= 15 is 0 Å². The number of hydrogen-bond acceptors (Lipinski definition) is 6. The first-order valence-corrected chi connectivity index (χ1v) is 12.1. The lowest BCUT2D eigenvalue weighted by molar-refractivity contribution is 0.0302. The fourth-order valence-corrected chi connectivity index (χ4v) is 5.19. The number of aromatic nitrogens is 3. The molecule has 2 aromatic heterocycles. The summed E-state index contributed by atoms with van der Waals surface area (Å²) in [5.41, 5.74) is 2.90. The molecule has 0 atom stereocenters. The number of fused-ring (bicyclic) bond motifs is 1. The second-order valence-corrected chi connectivity index (χ2v) is 9.21. The first-order valence-electron chi connectivity index (χ1n) is 12.1. The molecule has 1 aromatic carbocycles. The van der Waals surface area contributed by atoms with Crippen LogP contribution in [0.3, 0.4) is 0 Å². The molecule has 0 unspecified atom stereocenters. The number of rotatable bonds is 5. The van der Waals surface area contributed by atoms with Crippen LogP contribution in [0, 0.1) is 6.92 Å². The fourth-order valence-electron chi connectivity index (χ4n) is 5.19. The summed E-state index contributed by atoms with van der Waals surface area (Å²) in [6.45, 7) is 8.35. The third-order valence-electron chi connectivity index (χ3n) is 7.26. The first kappa shape index (κ1) is 22.6. The minimum absolute atomic E-state index is 0.0225. The van der Waals surface area contributed by atoms with E-state index < -0.39 is 0 Å². The Hall–Kier alpha value is -3.17. The summed E-state index contributed by atoms with van der Waals surface area (Å²) in [5, 5.41) is 12.3. The van der Waals surface area contributed by atoms with E-state index in [0.717, 1.165) is 49.1 Å². The molecule has 2 aliphatic rings. The van der Waals surface area contributed by atoms with Crippen molar-refractivity contribution in [3.63, 3.8) is 0 Å². The Bertz CT molecular complexity index is 1250. The van der Waals surface area contributed by atoms with Gasteiger partial charge in [0.2, 0.25) is 0 Å². The lowest BCUT2D eigenvalue weighted by Gasteiger charge is -2.37. The second-order valence-electron chi connectivity index (χ2n) is 9.21. The number of benzene rings is 1. The molecule has 2 saturated heterocycles. The quantitative estimate of drug-likeness (QED) is 0.536. The van der Waals surface area contributed by atoms with Crippen molar-refractivity contribution in [2.75, 3.05) is 44.7 Å². The predicted octanol–water partition coefficient (Wildman–Crippen LogP) is 2.74. The summed E-state index contributed by atoms with van der Waals surface area (Å²) >= 11 is 0. The average Bonchev–Trinajstić information content (AvgIpc) is 3.25. The monoisotopic (exact) mass is 464 g/mol. The zero-order chi connectivity index (χ0) is 23.7. The number of hydrogen-bond donors (Lipinski definition) is 3. The molecule has 0 aliphatic carbocycles. The number of ether oxygens (including phenoxy) is 1. The number of aromatic amines is 1. The normalized spacial score (nSPS) is 18.2. The number of pyridine rings is 1. The van der Waals surface area contributed by atoms with Gasteiger partial charge in [-0.25, -0.2) is 0 Å². The van der Waals surface area contributed by atoms with E-state index in [4.69, 9.17) is 9.84 Å². The molecule has 180 valence electrons. The maximum absolute atomic E-state index is 12.9. The molecule has 9 nitrogen and oxygen atoms in total. The number of carbonyl (C=O) groups excluding carboxylic acids is 1. The minimum Gasteiger partial charge on any atom is -0.378 e. The van der Waals surface area contributed by atoms with Gasteiger partial charge in [0.1, 0.15) is 5.39 Å². The van der Waals surface area contributed by atoms with Crippen LogP contribution in [0.25, 0.3) is 10.9 Å². The van der Waals surface area contributed by atoms with Crippen molar-refractivity contribution < 1.29 is 9.53 Å². The van der Waals surface area contributed by atoms with Gasteiger partial charge in [0.05, 0.1) is 24.3 Å². The molecule has 0 radical (unpaired) electrons. The highest BCUT2D eigenvalue weighted by Crippen LogP contribution is 2.35. The summed E-state index contributed by atoms with van der Waals surface area (Å²) in [5.74, 6) is 0.559. The third-order valence-corrected chi connectivity index (χ3v) is 7.26. The van der Waals surface area contributed by atoms with Gasteiger partial charge in [-0.15, -0.1) is 0 Å². The lowest BCUT2D eigenvalue weighted by Crippen LogP contribution is -2.44. The molecule has 9 heteroatoms. The second kappa shape index (κ2) is 9.23. The van der Waals surface area contributed by atoms with E-state index in [0.29, 0.717) is 43.1 Å². The van der Waals surface area contributed by atoms with Crippen LogP contribution in [0.15, 0.2) is 35.3 Å². The standard InChI is InChI=1S/C25H32N6O3/c1-3-25(7-10-26-11-8-25)31-20-6-9-27-23(32)21(20)22(29-31)28-18-4-5-19(17(2)16-18)24(33)30-12-14-34-15-13-30/h4-6,9,16,26H,3,7-8,10-15H2,1-2H3,(H,27,32)(H,28,29). The van der Waals surface area contributed by atoms with Gasteiger partial charge in [0.15, 0.2) is 5.82 Å². The SMILES string of the molecule is CCC1(n2nc(Nc3ccc(C(=O)N4CCOCC4)c(C)c3)c3c(=O)[nH]ccc32)CCNCC1. The summed E-state index contributed by atoms with van der Waals surface area (Å²) in [6.07, 6.45) is 4.55. The van der Waals surface area contributed by atoms with Crippen molar-refractivity contribution in [3.05, 3.63) is 51.9 Å². The van der Waals surface area contributed by atoms with Crippen molar-refractivity contribution >= 4 is 28.3 Å². The number of anilines is 2. The number of H-pyrrole nitrogens is 1. The fraction of sp³-hybridized carbons (Fsp3) is 0.480. The molecule has 0 saturated carbocycles. The lowest BCUT2D eigenvalue weighted by atomic mass is 9.86. The highest BCUT2D eigenvalue weighted by Gasteiger charge is 2.35. The summed E-state index contributed by atoms with van der Waals surface area (Å²) < 4.78 is 7.42. The highest BCUT2D eigenvalue weighted by molar-refractivity contribution is 5.96. The van der Waals surface area contributed by atoms with Crippen LogP contribution >= 0.6 is 0 Å². The van der Waals surface area contributed by atoms with Gasteiger partial charge in [-0.3, -0.25) is 14.3 Å². The molecule has 4 heterocycles. The largest absolute Gasteiger partial charge is 0.378 e. The Morgan fingerprint density at radius 1 is 1.21 bits per heavy atom. The van der Waals surface area contributed by atoms with E-state index in [2.05, 4.69) is 27.2 Å². The first-order chi connectivity index (χ1) is 16.5. The van der Waals surface area contributed by atoms with Crippen LogP contribution in [0.5, 0.6) is 0 Å². The Kier molecular flexibility index (Phi) is 6.14. The van der Waals surface area contributed by atoms with Crippen molar-refractivity contribution in [2.45, 2.75) is 38.6 Å². The zero-order valence-electron chi connectivity index (χ0n) is 19.8. The number of piperidine rings is 1. The topological polar surface area (TPSA) is 104 Å². The summed E-state index contributed by atoms with van der Waals surface area (Å²) in [7, 11) is 0. The van der Waals surface area contributed by atoms with E-state index in [1.807, 2.05) is 36.1 Å². The van der Waals surface area contributed by atoms with Crippen LogP contribution in [-0.2, 0) is 10.3 Å². The molecule has 2 fully saturated rings. The van der Waals surface area contributed by atoms with Crippen LogP contribution in [-0.4, -0.2) is 65.0 Å². The number of amides is 1. The number of aryl methyl sites for hydroxylation is 1. The highest BCUT2D eigenvalue weighted by atomic mass is 16.5. The number of carbonyl (C=O) groups is 1. The number of nitrogens with one attached hydrogen (secondary N) is 3. The minimum atomic E-state index is -0.165. The third kappa shape index (κ3) is 3.99. The molecule has 0 bridgehead atoms. The molecule has 3 aromatic rings. The van der Waals surface area contributed by atoms with Crippen LogP contribution < -0.4 is 16.2 Å². The van der Waals surface area contributed by atoms with Crippen LogP contribution in [0.2, 0.25) is 0 Å². The van der Waals surface area contributed by atoms with Crippen LogP contribution in [0.4, 0.5) is 11.5 Å². The van der Waals surface area contributed by atoms with Gasteiger partial charge < -0.3 is 25.3 Å². The average molecular weight is 465 g/mol. The molecule has 2 aliphatic heterocycles. The summed E-state index contributed by atoms with van der Waals surface area (Å²) in [6, 6.07) is 7.60. The van der Waals surface area contributed by atoms with Gasteiger partial charge >= 0.3 is 0 Å². The molecule has 3 N–H and O–H groups in total. The van der Waals surface area contributed by atoms with Crippen molar-refractivity contribution in [1.29, 1.82) is 0 Å². The summed E-state index contributed by atoms with van der Waals surface area (Å²) in [4.78, 5) is 30.4. The van der Waals surface area contributed by atoms with Crippen molar-refractivity contribution in [2.24, 2.45) is 0 Å². The van der Waals surface area contributed by atoms with Gasteiger partial charge in [-0.05, 0) is 69.1 Å². The smallest absolute Gasteiger partial charge is 0.261 e. The van der Waals surface area contributed by atoms with E-state index in [1.54, 1.807) is 6.20 Å². The Labute approximate surface area is 198 Å². The van der Waals surface area contributed by atoms with Gasteiger partial charge in [-0.1, -0.05) is 6.92 Å².